The molecule has 0 N–H and O–H groups in total. The van der Waals surface area contributed by atoms with Gasteiger partial charge < -0.3 is 9.47 Å². The van der Waals surface area contributed by atoms with Gasteiger partial charge in [-0.2, -0.15) is 4.39 Å². The smallest absolute Gasteiger partial charge is 0.204 e. The first-order valence-corrected chi connectivity index (χ1v) is 6.67. The first kappa shape index (κ1) is 17.5. The van der Waals surface area contributed by atoms with E-state index in [0.29, 0.717) is 0 Å². The van der Waals surface area contributed by atoms with E-state index < -0.39 is 76.1 Å². The van der Waals surface area contributed by atoms with Crippen LogP contribution in [-0.2, 0) is 4.74 Å². The molecule has 0 radical (unpaired) electrons. The summed E-state index contributed by atoms with van der Waals surface area (Å²) in [7, 11) is 0. The molecular formula is C15H6F8O2. The van der Waals surface area contributed by atoms with Crippen molar-refractivity contribution in [3.05, 3.63) is 52.6 Å². The maximum Gasteiger partial charge on any atom is 0.204 e. The van der Waals surface area contributed by atoms with Crippen molar-refractivity contribution in [3.63, 3.8) is 0 Å². The minimum atomic E-state index is -2.35. The van der Waals surface area contributed by atoms with Crippen LogP contribution >= 0.6 is 0 Å². The number of epoxide rings is 1. The Morgan fingerprint density at radius 1 is 0.800 bits per heavy atom. The Kier molecular flexibility index (Phi) is 4.31. The Bertz CT molecular complexity index is 864. The average molecular weight is 370 g/mol. The third-order valence-corrected chi connectivity index (χ3v) is 3.41. The fraction of sp³-hybridized carbons (Fsp3) is 0.200. The first-order chi connectivity index (χ1) is 11.7. The molecular weight excluding hydrogens is 364 g/mol. The zero-order chi connectivity index (χ0) is 18.5. The van der Waals surface area contributed by atoms with Crippen molar-refractivity contribution in [2.75, 3.05) is 13.2 Å². The van der Waals surface area contributed by atoms with Crippen LogP contribution in [0.2, 0.25) is 0 Å². The molecule has 134 valence electrons. The molecule has 1 atom stereocenters. The standard InChI is InChI=1S/C15H6F8O2/c16-6-1-5(8(17)11(20)9(6)18)7-10(19)12(21)13(22)14(23)15(7)25-3-4-2-24-4/h1,4H,2-3H2. The Balaban J connectivity index is 2.27. The van der Waals surface area contributed by atoms with Gasteiger partial charge in [-0.1, -0.05) is 0 Å². The van der Waals surface area contributed by atoms with Crippen molar-refractivity contribution in [1.82, 2.24) is 0 Å². The summed E-state index contributed by atoms with van der Waals surface area (Å²) in [4.78, 5) is 0. The molecule has 1 aliphatic heterocycles. The summed E-state index contributed by atoms with van der Waals surface area (Å²) >= 11 is 0. The highest BCUT2D eigenvalue weighted by atomic mass is 19.2. The fourth-order valence-corrected chi connectivity index (χ4v) is 2.08. The van der Waals surface area contributed by atoms with Crippen LogP contribution in [0.3, 0.4) is 0 Å². The highest BCUT2D eigenvalue weighted by Gasteiger charge is 2.33. The third kappa shape index (κ3) is 2.90. The molecule has 0 saturated carbocycles. The van der Waals surface area contributed by atoms with E-state index in [9.17, 15) is 35.1 Å². The van der Waals surface area contributed by atoms with Gasteiger partial charge in [0.25, 0.3) is 0 Å². The molecule has 1 unspecified atom stereocenters. The topological polar surface area (TPSA) is 21.8 Å². The number of ether oxygens (including phenoxy) is 2. The van der Waals surface area contributed by atoms with Crippen LogP contribution in [0.25, 0.3) is 11.1 Å². The molecule has 0 aromatic heterocycles. The lowest BCUT2D eigenvalue weighted by Crippen LogP contribution is -2.11. The summed E-state index contributed by atoms with van der Waals surface area (Å²) in [5.41, 5.74) is -2.80. The van der Waals surface area contributed by atoms with Crippen LogP contribution in [-0.4, -0.2) is 19.3 Å². The van der Waals surface area contributed by atoms with E-state index in [2.05, 4.69) is 0 Å². The average Bonchev–Trinajstić information content (AvgIpc) is 3.41. The maximum absolute atomic E-state index is 14.1. The van der Waals surface area contributed by atoms with E-state index in [-0.39, 0.29) is 12.7 Å². The van der Waals surface area contributed by atoms with Gasteiger partial charge in [-0.15, -0.1) is 0 Å². The molecule has 2 aromatic rings. The van der Waals surface area contributed by atoms with Gasteiger partial charge in [0, 0.05) is 5.56 Å². The lowest BCUT2D eigenvalue weighted by Gasteiger charge is -2.15. The second-order valence-corrected chi connectivity index (χ2v) is 5.07. The van der Waals surface area contributed by atoms with E-state index >= 15 is 0 Å². The maximum atomic E-state index is 14.1. The number of halogens is 8. The lowest BCUT2D eigenvalue weighted by atomic mass is 10.0. The van der Waals surface area contributed by atoms with E-state index in [1.165, 1.54) is 0 Å². The number of benzene rings is 2. The highest BCUT2D eigenvalue weighted by Crippen LogP contribution is 2.40. The van der Waals surface area contributed by atoms with Crippen molar-refractivity contribution in [3.8, 4) is 16.9 Å². The second-order valence-electron chi connectivity index (χ2n) is 5.07. The van der Waals surface area contributed by atoms with Gasteiger partial charge in [0.05, 0.1) is 12.2 Å². The Morgan fingerprint density at radius 3 is 1.96 bits per heavy atom. The molecule has 0 spiro atoms. The largest absolute Gasteiger partial charge is 0.487 e. The summed E-state index contributed by atoms with van der Waals surface area (Å²) in [6.45, 7) is -0.251. The van der Waals surface area contributed by atoms with E-state index in [4.69, 9.17) is 9.47 Å². The summed E-state index contributed by atoms with van der Waals surface area (Å²) in [5, 5.41) is 0. The molecule has 10 heteroatoms. The van der Waals surface area contributed by atoms with Gasteiger partial charge in [0.15, 0.2) is 40.7 Å². The molecule has 3 rings (SSSR count). The minimum absolute atomic E-state index is 0.0244. The van der Waals surface area contributed by atoms with Crippen LogP contribution < -0.4 is 4.74 Å². The molecule has 0 bridgehead atoms. The van der Waals surface area contributed by atoms with Crippen molar-refractivity contribution < 1.29 is 44.6 Å². The molecule has 25 heavy (non-hydrogen) atoms. The summed E-state index contributed by atoms with van der Waals surface area (Å²) in [6, 6.07) is -0.0244. The van der Waals surface area contributed by atoms with Crippen LogP contribution in [0.1, 0.15) is 0 Å². The van der Waals surface area contributed by atoms with Crippen LogP contribution in [0.4, 0.5) is 35.1 Å². The predicted octanol–water partition coefficient (Wildman–Crippen LogP) is 4.24. The normalized spacial score (nSPS) is 16.2. The SMILES string of the molecule is Fc1cc(-c2c(F)c(F)c(F)c(F)c2OCC2CO2)c(F)c(F)c1F. The molecule has 0 aliphatic carbocycles. The zero-order valence-corrected chi connectivity index (χ0v) is 11.9. The van der Waals surface area contributed by atoms with Crippen molar-refractivity contribution in [1.29, 1.82) is 0 Å². The summed E-state index contributed by atoms with van der Waals surface area (Å²) in [5.74, 6) is -18.8. The molecule has 1 saturated heterocycles. The van der Waals surface area contributed by atoms with Crippen molar-refractivity contribution >= 4 is 0 Å². The van der Waals surface area contributed by atoms with E-state index in [1.54, 1.807) is 0 Å². The van der Waals surface area contributed by atoms with Gasteiger partial charge in [0.1, 0.15) is 12.7 Å². The van der Waals surface area contributed by atoms with Crippen molar-refractivity contribution in [2.45, 2.75) is 6.10 Å². The van der Waals surface area contributed by atoms with Crippen LogP contribution in [0.5, 0.6) is 5.75 Å². The zero-order valence-electron chi connectivity index (χ0n) is 11.9. The number of rotatable bonds is 4. The van der Waals surface area contributed by atoms with Gasteiger partial charge in [-0.05, 0) is 6.07 Å². The highest BCUT2D eigenvalue weighted by molar-refractivity contribution is 5.72. The Morgan fingerprint density at radius 2 is 1.36 bits per heavy atom. The summed E-state index contributed by atoms with van der Waals surface area (Å²) < 4.78 is 118. The fourth-order valence-electron chi connectivity index (χ4n) is 2.08. The molecule has 1 heterocycles. The number of hydrogen-bond acceptors (Lipinski definition) is 2. The van der Waals surface area contributed by atoms with Gasteiger partial charge in [-0.3, -0.25) is 0 Å². The van der Waals surface area contributed by atoms with E-state index in [1.807, 2.05) is 0 Å². The molecule has 0 amide bonds. The van der Waals surface area contributed by atoms with Crippen LogP contribution in [0, 0.1) is 46.5 Å². The molecule has 1 aliphatic rings. The third-order valence-electron chi connectivity index (χ3n) is 3.41. The lowest BCUT2D eigenvalue weighted by molar-refractivity contribution is 0.247. The molecule has 2 nitrogen and oxygen atoms in total. The second kappa shape index (κ2) is 6.17. The van der Waals surface area contributed by atoms with Crippen LogP contribution in [0.15, 0.2) is 6.07 Å². The first-order valence-electron chi connectivity index (χ1n) is 6.67. The van der Waals surface area contributed by atoms with Crippen molar-refractivity contribution in [2.24, 2.45) is 0 Å². The van der Waals surface area contributed by atoms with Gasteiger partial charge in [-0.25, -0.2) is 30.7 Å². The monoisotopic (exact) mass is 370 g/mol. The summed E-state index contributed by atoms with van der Waals surface area (Å²) in [6.07, 6.45) is -0.546. The van der Waals surface area contributed by atoms with E-state index in [0.717, 1.165) is 0 Å². The Labute approximate surface area is 134 Å². The van der Waals surface area contributed by atoms with Gasteiger partial charge in [0.2, 0.25) is 11.6 Å². The van der Waals surface area contributed by atoms with Gasteiger partial charge >= 0.3 is 0 Å². The predicted molar refractivity (Wildman–Crippen MR) is 66.8 cm³/mol. The quantitative estimate of drug-likeness (QED) is 0.348. The minimum Gasteiger partial charge on any atom is -0.487 e. The Hall–Kier alpha value is -2.36. The number of hydrogen-bond donors (Lipinski definition) is 0. The molecule has 1 fully saturated rings. The molecule has 2 aromatic carbocycles.